The zero-order valence-electron chi connectivity index (χ0n) is 10.8. The second-order valence-electron chi connectivity index (χ2n) is 4.59. The lowest BCUT2D eigenvalue weighted by atomic mass is 9.95. The number of hydrogen-bond donors (Lipinski definition) is 1. The molecule has 2 atom stereocenters. The number of aromatic nitrogens is 2. The Bertz CT molecular complexity index is 452. The Morgan fingerprint density at radius 1 is 1.61 bits per heavy atom. The molecule has 0 spiro atoms. The molecule has 0 radical (unpaired) electrons. The smallest absolute Gasteiger partial charge is 0.358 e. The van der Waals surface area contributed by atoms with E-state index < -0.39 is 5.97 Å². The van der Waals surface area contributed by atoms with Crippen LogP contribution in [0.1, 0.15) is 30.8 Å². The fourth-order valence-corrected chi connectivity index (χ4v) is 1.92. The van der Waals surface area contributed by atoms with Gasteiger partial charge >= 0.3 is 5.97 Å². The first-order valence-electron chi connectivity index (χ1n) is 5.85. The van der Waals surface area contributed by atoms with Gasteiger partial charge in [-0.25, -0.2) is 9.78 Å². The zero-order chi connectivity index (χ0) is 13.2. The van der Waals surface area contributed by atoms with E-state index in [4.69, 9.17) is 4.74 Å². The van der Waals surface area contributed by atoms with Gasteiger partial charge in [0.05, 0.1) is 31.1 Å². The quantitative estimate of drug-likeness (QED) is 0.815. The Hall–Kier alpha value is -1.69. The second-order valence-corrected chi connectivity index (χ2v) is 4.59. The molecule has 6 heteroatoms. The number of carbonyl (C=O) groups is 1. The summed E-state index contributed by atoms with van der Waals surface area (Å²) in [5.41, 5.74) is 0.00124. The number of carbonyl (C=O) groups excluding carboxylic acids is 1. The number of ether oxygens (including phenoxy) is 2. The van der Waals surface area contributed by atoms with Crippen LogP contribution in [0, 0.1) is 0 Å². The summed E-state index contributed by atoms with van der Waals surface area (Å²) in [6.45, 7) is 4.80. The molecule has 1 fully saturated rings. The molecule has 98 valence electrons. The van der Waals surface area contributed by atoms with Crippen LogP contribution in [-0.4, -0.2) is 41.3 Å². The van der Waals surface area contributed by atoms with Crippen molar-refractivity contribution in [3.05, 3.63) is 18.1 Å². The molecule has 1 N–H and O–H groups in total. The Kier molecular flexibility index (Phi) is 3.47. The number of nitrogens with one attached hydrogen (secondary N) is 1. The van der Waals surface area contributed by atoms with E-state index in [1.165, 1.54) is 13.3 Å². The van der Waals surface area contributed by atoms with Gasteiger partial charge in [0.1, 0.15) is 5.82 Å². The van der Waals surface area contributed by atoms with Crippen molar-refractivity contribution >= 4 is 11.8 Å². The van der Waals surface area contributed by atoms with Gasteiger partial charge in [-0.05, 0) is 20.3 Å². The predicted octanol–water partition coefficient (Wildman–Crippen LogP) is 1.24. The van der Waals surface area contributed by atoms with Gasteiger partial charge in [0.15, 0.2) is 5.69 Å². The minimum atomic E-state index is -0.493. The van der Waals surface area contributed by atoms with Gasteiger partial charge in [-0.2, -0.15) is 0 Å². The van der Waals surface area contributed by atoms with Crippen LogP contribution in [0.3, 0.4) is 0 Å². The topological polar surface area (TPSA) is 73.3 Å². The number of methoxy groups -OCH3 is 1. The first-order chi connectivity index (χ1) is 8.55. The van der Waals surface area contributed by atoms with Crippen LogP contribution in [-0.2, 0) is 9.47 Å². The standard InChI is InChI=1S/C12H17N3O3/c1-8-12(2,4-5-18-8)15-10-7-13-6-9(14-10)11(16)17-3/h6-8H,4-5H2,1-3H3,(H,14,15). The molecule has 0 aromatic carbocycles. The molecule has 6 nitrogen and oxygen atoms in total. The fraction of sp³-hybridized carbons (Fsp3) is 0.583. The van der Waals surface area contributed by atoms with Gasteiger partial charge < -0.3 is 14.8 Å². The van der Waals surface area contributed by atoms with E-state index in [1.807, 2.05) is 6.92 Å². The molecular weight excluding hydrogens is 234 g/mol. The van der Waals surface area contributed by atoms with Gasteiger partial charge in [-0.15, -0.1) is 0 Å². The number of esters is 1. The molecule has 2 unspecified atom stereocenters. The predicted molar refractivity (Wildman–Crippen MR) is 65.4 cm³/mol. The minimum Gasteiger partial charge on any atom is -0.464 e. The average Bonchev–Trinajstić information content (AvgIpc) is 2.68. The normalized spacial score (nSPS) is 26.9. The number of rotatable bonds is 3. The number of nitrogens with zero attached hydrogens (tertiary/aromatic N) is 2. The summed E-state index contributed by atoms with van der Waals surface area (Å²) in [6.07, 6.45) is 3.94. The Morgan fingerprint density at radius 3 is 3.00 bits per heavy atom. The molecule has 2 rings (SSSR count). The first kappa shape index (κ1) is 12.8. The van der Waals surface area contributed by atoms with Crippen molar-refractivity contribution in [3.63, 3.8) is 0 Å². The average molecular weight is 251 g/mol. The third-order valence-corrected chi connectivity index (χ3v) is 3.33. The molecule has 0 saturated carbocycles. The lowest BCUT2D eigenvalue weighted by molar-refractivity contribution is 0.0593. The third kappa shape index (κ3) is 2.43. The summed E-state index contributed by atoms with van der Waals surface area (Å²) in [5.74, 6) is 0.0600. The van der Waals surface area contributed by atoms with E-state index in [9.17, 15) is 4.79 Å². The molecule has 1 aromatic heterocycles. The molecule has 1 aromatic rings. The Balaban J connectivity index is 2.17. The molecule has 0 amide bonds. The van der Waals surface area contributed by atoms with Gasteiger partial charge in [-0.1, -0.05) is 0 Å². The number of hydrogen-bond acceptors (Lipinski definition) is 6. The highest BCUT2D eigenvalue weighted by Gasteiger charge is 2.37. The summed E-state index contributed by atoms with van der Waals surface area (Å²) < 4.78 is 10.2. The maximum absolute atomic E-state index is 11.4. The molecule has 2 heterocycles. The summed E-state index contributed by atoms with van der Waals surface area (Å²) in [5, 5.41) is 3.28. The van der Waals surface area contributed by atoms with Gasteiger partial charge in [0.25, 0.3) is 0 Å². The first-order valence-corrected chi connectivity index (χ1v) is 5.85. The fourth-order valence-electron chi connectivity index (χ4n) is 1.92. The van der Waals surface area contributed by atoms with E-state index in [0.717, 1.165) is 13.0 Å². The molecular formula is C12H17N3O3. The van der Waals surface area contributed by atoms with E-state index in [-0.39, 0.29) is 17.3 Å². The lowest BCUT2D eigenvalue weighted by Gasteiger charge is -2.29. The van der Waals surface area contributed by atoms with Crippen LogP contribution in [0.4, 0.5) is 5.82 Å². The van der Waals surface area contributed by atoms with Crippen molar-refractivity contribution in [2.45, 2.75) is 31.9 Å². The summed E-state index contributed by atoms with van der Waals surface area (Å²) in [7, 11) is 1.32. The van der Waals surface area contributed by atoms with Crippen molar-refractivity contribution in [2.75, 3.05) is 19.0 Å². The minimum absolute atomic E-state index is 0.0843. The molecule has 1 aliphatic heterocycles. The van der Waals surface area contributed by atoms with Gasteiger partial charge in [0, 0.05) is 6.61 Å². The van der Waals surface area contributed by atoms with E-state index in [0.29, 0.717) is 5.82 Å². The highest BCUT2D eigenvalue weighted by molar-refractivity contribution is 5.87. The monoisotopic (exact) mass is 251 g/mol. The van der Waals surface area contributed by atoms with Gasteiger partial charge in [0.2, 0.25) is 0 Å². The van der Waals surface area contributed by atoms with Crippen molar-refractivity contribution in [1.82, 2.24) is 9.97 Å². The van der Waals surface area contributed by atoms with Crippen LogP contribution < -0.4 is 5.32 Å². The van der Waals surface area contributed by atoms with Crippen LogP contribution in [0.2, 0.25) is 0 Å². The maximum atomic E-state index is 11.4. The van der Waals surface area contributed by atoms with Crippen LogP contribution >= 0.6 is 0 Å². The second kappa shape index (κ2) is 4.89. The lowest BCUT2D eigenvalue weighted by Crippen LogP contribution is -2.41. The van der Waals surface area contributed by atoms with Gasteiger partial charge in [-0.3, -0.25) is 4.98 Å². The summed E-state index contributed by atoms with van der Waals surface area (Å²) >= 11 is 0. The van der Waals surface area contributed by atoms with Crippen molar-refractivity contribution < 1.29 is 14.3 Å². The SMILES string of the molecule is COC(=O)c1cncc(NC2(C)CCOC2C)n1. The van der Waals surface area contributed by atoms with E-state index in [2.05, 4.69) is 26.9 Å². The van der Waals surface area contributed by atoms with Crippen LogP contribution in [0.15, 0.2) is 12.4 Å². The van der Waals surface area contributed by atoms with Crippen LogP contribution in [0.5, 0.6) is 0 Å². The maximum Gasteiger partial charge on any atom is 0.358 e. The molecule has 0 aliphatic carbocycles. The largest absolute Gasteiger partial charge is 0.464 e. The van der Waals surface area contributed by atoms with Crippen molar-refractivity contribution in [3.8, 4) is 0 Å². The third-order valence-electron chi connectivity index (χ3n) is 3.33. The molecule has 18 heavy (non-hydrogen) atoms. The number of anilines is 1. The highest BCUT2D eigenvalue weighted by Crippen LogP contribution is 2.28. The highest BCUT2D eigenvalue weighted by atomic mass is 16.5. The van der Waals surface area contributed by atoms with Crippen molar-refractivity contribution in [2.24, 2.45) is 0 Å². The van der Waals surface area contributed by atoms with Crippen molar-refractivity contribution in [1.29, 1.82) is 0 Å². The van der Waals surface area contributed by atoms with E-state index in [1.54, 1.807) is 6.20 Å². The van der Waals surface area contributed by atoms with E-state index >= 15 is 0 Å². The Labute approximate surface area is 106 Å². The molecule has 1 aliphatic rings. The summed E-state index contributed by atoms with van der Waals surface area (Å²) in [6, 6.07) is 0. The summed E-state index contributed by atoms with van der Waals surface area (Å²) in [4.78, 5) is 19.5. The molecule has 1 saturated heterocycles. The zero-order valence-corrected chi connectivity index (χ0v) is 10.8. The van der Waals surface area contributed by atoms with Crippen LogP contribution in [0.25, 0.3) is 0 Å². The Morgan fingerprint density at radius 2 is 2.39 bits per heavy atom. The molecule has 0 bridgehead atoms.